The van der Waals surface area contributed by atoms with E-state index in [2.05, 4.69) is 257 Å². The van der Waals surface area contributed by atoms with Crippen molar-refractivity contribution in [1.82, 2.24) is 0 Å². The molecule has 67 heavy (non-hydrogen) atoms. The van der Waals surface area contributed by atoms with E-state index in [0.717, 1.165) is 5.69 Å². The molecule has 2 nitrogen and oxygen atoms in total. The first-order valence-corrected chi connectivity index (χ1v) is 24.4. The molecule has 0 fully saturated rings. The number of anilines is 6. The third-order valence-electron chi connectivity index (χ3n) is 15.2. The van der Waals surface area contributed by atoms with Gasteiger partial charge in [0.2, 0.25) is 0 Å². The van der Waals surface area contributed by atoms with Crippen LogP contribution in [0.5, 0.6) is 0 Å². The van der Waals surface area contributed by atoms with Crippen molar-refractivity contribution in [3.8, 4) is 33.4 Å². The number of hydrogen-bond donors (Lipinski definition) is 0. The fraction of sp³-hybridized carbons (Fsp3) is 0.250. The number of nitrogens with zero attached hydrogens (tertiary/aromatic N) is 2. The van der Waals surface area contributed by atoms with Gasteiger partial charge in [-0.05, 0) is 149 Å². The van der Waals surface area contributed by atoms with Crippen LogP contribution in [-0.4, -0.2) is 6.71 Å². The predicted octanol–water partition coefficient (Wildman–Crippen LogP) is 15.6. The Labute approximate surface area is 400 Å². The highest BCUT2D eigenvalue weighted by atomic mass is 15.2. The summed E-state index contributed by atoms with van der Waals surface area (Å²) in [4.78, 5) is 5.20. The van der Waals surface area contributed by atoms with Crippen LogP contribution in [0.15, 0.2) is 164 Å². The van der Waals surface area contributed by atoms with Crippen molar-refractivity contribution in [1.29, 1.82) is 0 Å². The van der Waals surface area contributed by atoms with Crippen LogP contribution >= 0.6 is 0 Å². The summed E-state index contributed by atoms with van der Waals surface area (Å²) in [5.41, 5.74) is 27.0. The Balaban J connectivity index is 1.16. The van der Waals surface area contributed by atoms with Crippen molar-refractivity contribution < 1.29 is 0 Å². The van der Waals surface area contributed by atoms with Gasteiger partial charge in [0, 0.05) is 39.4 Å². The third-order valence-corrected chi connectivity index (χ3v) is 15.2. The Morgan fingerprint density at radius 2 is 0.910 bits per heavy atom. The lowest BCUT2D eigenvalue weighted by molar-refractivity contribution is 0.590. The summed E-state index contributed by atoms with van der Waals surface area (Å²) in [6, 6.07) is 63.1. The van der Waals surface area contributed by atoms with Crippen LogP contribution in [0.4, 0.5) is 34.1 Å². The molecule has 2 heterocycles. The van der Waals surface area contributed by atoms with Crippen molar-refractivity contribution >= 4 is 57.2 Å². The van der Waals surface area contributed by atoms with Crippen LogP contribution in [0.1, 0.15) is 110 Å². The number of fused-ring (bicyclic) bond motifs is 7. The molecule has 3 aliphatic rings. The highest BCUT2D eigenvalue weighted by Gasteiger charge is 2.45. The molecule has 11 rings (SSSR count). The largest absolute Gasteiger partial charge is 0.311 e. The maximum atomic E-state index is 2.62. The summed E-state index contributed by atoms with van der Waals surface area (Å²) in [5.74, 6) is 0. The van der Waals surface area contributed by atoms with E-state index in [-0.39, 0.29) is 28.4 Å². The van der Waals surface area contributed by atoms with E-state index in [1.165, 1.54) is 112 Å². The van der Waals surface area contributed by atoms with Crippen molar-refractivity contribution in [2.75, 3.05) is 9.80 Å². The van der Waals surface area contributed by atoms with Gasteiger partial charge in [-0.1, -0.05) is 191 Å². The first kappa shape index (κ1) is 43.0. The van der Waals surface area contributed by atoms with Gasteiger partial charge in [0.15, 0.2) is 0 Å². The van der Waals surface area contributed by atoms with Gasteiger partial charge in [-0.25, -0.2) is 0 Å². The van der Waals surface area contributed by atoms with E-state index >= 15 is 0 Å². The van der Waals surface area contributed by atoms with Crippen molar-refractivity contribution in [2.24, 2.45) is 0 Å². The number of aryl methyl sites for hydroxylation is 1. The highest BCUT2D eigenvalue weighted by Crippen LogP contribution is 2.53. The fourth-order valence-electron chi connectivity index (χ4n) is 11.4. The van der Waals surface area contributed by atoms with Gasteiger partial charge in [-0.15, -0.1) is 0 Å². The smallest absolute Gasteiger partial charge is 0.252 e. The van der Waals surface area contributed by atoms with Gasteiger partial charge in [-0.2, -0.15) is 0 Å². The Hall–Kier alpha value is -6.58. The SMILES string of the molecule is Cc1cc2c3c(c1)N(c1ccc(C(C)(C)C)cc1-c1ccccc1)c1cc(C(C)(C)C)ccc1B3c1ccc(C(C)(C)C)cc1N2c1ccc(-c2cccc3c2-c2ccccc2C3(C)C)cc1. The second kappa shape index (κ2) is 15.0. The molecule has 3 heteroatoms. The van der Waals surface area contributed by atoms with Gasteiger partial charge in [0.1, 0.15) is 0 Å². The second-order valence-electron chi connectivity index (χ2n) is 23.2. The molecule has 0 aromatic heterocycles. The molecule has 0 amide bonds. The Morgan fingerprint density at radius 1 is 0.403 bits per heavy atom. The third kappa shape index (κ3) is 6.83. The number of rotatable bonds is 4. The van der Waals surface area contributed by atoms with Gasteiger partial charge in [0.05, 0.1) is 5.69 Å². The molecule has 1 aliphatic carbocycles. The summed E-state index contributed by atoms with van der Waals surface area (Å²) < 4.78 is 0. The van der Waals surface area contributed by atoms with Crippen molar-refractivity contribution in [3.05, 3.63) is 197 Å². The minimum absolute atomic E-state index is 0.0117. The zero-order chi connectivity index (χ0) is 46.9. The Morgan fingerprint density at radius 3 is 1.54 bits per heavy atom. The first-order chi connectivity index (χ1) is 31.8. The van der Waals surface area contributed by atoms with E-state index in [0.29, 0.717) is 0 Å². The Kier molecular flexibility index (Phi) is 9.61. The monoisotopic (exact) mass is 871 g/mol. The summed E-state index contributed by atoms with van der Waals surface area (Å²) in [6.07, 6.45) is 0. The van der Waals surface area contributed by atoms with Gasteiger partial charge < -0.3 is 9.80 Å². The molecular formula is C64H63BN2. The van der Waals surface area contributed by atoms with Gasteiger partial charge in [-0.3, -0.25) is 0 Å². The zero-order valence-corrected chi connectivity index (χ0v) is 41.6. The first-order valence-electron chi connectivity index (χ1n) is 24.4. The lowest BCUT2D eigenvalue weighted by atomic mass is 9.33. The van der Waals surface area contributed by atoms with E-state index in [4.69, 9.17) is 0 Å². The molecule has 0 saturated heterocycles. The number of hydrogen-bond acceptors (Lipinski definition) is 2. The average Bonchev–Trinajstić information content (AvgIpc) is 3.53. The van der Waals surface area contributed by atoms with Crippen molar-refractivity contribution in [2.45, 2.75) is 105 Å². The minimum Gasteiger partial charge on any atom is -0.311 e. The average molecular weight is 871 g/mol. The highest BCUT2D eigenvalue weighted by molar-refractivity contribution is 7.00. The van der Waals surface area contributed by atoms with E-state index in [1.807, 2.05) is 0 Å². The van der Waals surface area contributed by atoms with Crippen LogP contribution < -0.4 is 26.2 Å². The fourth-order valence-corrected chi connectivity index (χ4v) is 11.4. The van der Waals surface area contributed by atoms with Crippen LogP contribution in [-0.2, 0) is 21.7 Å². The van der Waals surface area contributed by atoms with Crippen LogP contribution in [0.2, 0.25) is 0 Å². The zero-order valence-electron chi connectivity index (χ0n) is 41.6. The molecule has 0 bridgehead atoms. The Bertz CT molecular complexity index is 3280. The van der Waals surface area contributed by atoms with E-state index in [9.17, 15) is 0 Å². The van der Waals surface area contributed by atoms with Crippen LogP contribution in [0.25, 0.3) is 33.4 Å². The van der Waals surface area contributed by atoms with Gasteiger partial charge in [0.25, 0.3) is 6.71 Å². The molecule has 2 aliphatic heterocycles. The molecule has 8 aromatic rings. The number of benzene rings is 8. The summed E-state index contributed by atoms with van der Waals surface area (Å²) in [5, 5.41) is 0. The molecule has 0 N–H and O–H groups in total. The molecule has 0 saturated carbocycles. The molecule has 8 aromatic carbocycles. The maximum Gasteiger partial charge on any atom is 0.252 e. The lowest BCUT2D eigenvalue weighted by Crippen LogP contribution is -2.61. The minimum atomic E-state index is -0.0533. The predicted molar refractivity (Wildman–Crippen MR) is 290 cm³/mol. The molecule has 0 atom stereocenters. The summed E-state index contributed by atoms with van der Waals surface area (Å²) >= 11 is 0. The quantitative estimate of drug-likeness (QED) is 0.163. The lowest BCUT2D eigenvalue weighted by Gasteiger charge is -2.45. The van der Waals surface area contributed by atoms with Gasteiger partial charge >= 0.3 is 0 Å². The standard InChI is InChI=1S/C64H63BN2/c1-40-35-57-60-58(36-40)67(54-34-29-43(61(2,3)4)37-49(54)41-19-14-13-15-20-41)56-39-45(63(8,9)10)28-33-53(56)65(60)52-32-27-44(62(5,6)7)38-55(52)66(57)46-30-25-42(26-31-46)47-22-18-24-51-59(47)48-21-16-17-23-50(48)64(51,11)12/h13-39H,1-12H3. The van der Waals surface area contributed by atoms with Crippen molar-refractivity contribution in [3.63, 3.8) is 0 Å². The van der Waals surface area contributed by atoms with Crippen LogP contribution in [0, 0.1) is 6.92 Å². The molecule has 0 spiro atoms. The molecule has 332 valence electrons. The van der Waals surface area contributed by atoms with E-state index < -0.39 is 0 Å². The maximum absolute atomic E-state index is 2.62. The summed E-state index contributed by atoms with van der Waals surface area (Å²) in [6.45, 7) is 28.0. The summed E-state index contributed by atoms with van der Waals surface area (Å²) in [7, 11) is 0. The molecule has 0 unspecified atom stereocenters. The van der Waals surface area contributed by atoms with Crippen LogP contribution in [0.3, 0.4) is 0 Å². The van der Waals surface area contributed by atoms with E-state index in [1.54, 1.807) is 0 Å². The molecule has 0 radical (unpaired) electrons. The topological polar surface area (TPSA) is 6.48 Å². The normalized spacial score (nSPS) is 14.6. The second-order valence-corrected chi connectivity index (χ2v) is 23.2. The molecular weight excluding hydrogens is 808 g/mol.